The van der Waals surface area contributed by atoms with Crippen LogP contribution in [0.25, 0.3) is 21.0 Å². The second-order valence-corrected chi connectivity index (χ2v) is 6.26. The average molecular weight is 322 g/mol. The SMILES string of the molecule is COc1cc2c(=O)n(Cc3ccccn3)c3ccccc3c2s1. The van der Waals surface area contributed by atoms with Crippen molar-refractivity contribution in [1.82, 2.24) is 9.55 Å². The number of thiophene rings is 1. The Morgan fingerprint density at radius 1 is 1.13 bits per heavy atom. The molecule has 0 N–H and O–H groups in total. The van der Waals surface area contributed by atoms with E-state index in [0.29, 0.717) is 11.9 Å². The maximum absolute atomic E-state index is 13.0. The smallest absolute Gasteiger partial charge is 0.260 e. The average Bonchev–Trinajstić information content (AvgIpc) is 3.04. The van der Waals surface area contributed by atoms with Gasteiger partial charge < -0.3 is 9.30 Å². The zero-order chi connectivity index (χ0) is 15.8. The predicted molar refractivity (Wildman–Crippen MR) is 93.5 cm³/mol. The highest BCUT2D eigenvalue weighted by atomic mass is 32.1. The van der Waals surface area contributed by atoms with Gasteiger partial charge in [-0.25, -0.2) is 0 Å². The first kappa shape index (κ1) is 14.0. The molecule has 0 spiro atoms. The summed E-state index contributed by atoms with van der Waals surface area (Å²) in [7, 11) is 1.62. The largest absolute Gasteiger partial charge is 0.487 e. The third-order valence-corrected chi connectivity index (χ3v) is 5.00. The second kappa shape index (κ2) is 5.52. The fraction of sp³-hybridized carbons (Fsp3) is 0.111. The van der Waals surface area contributed by atoms with Crippen molar-refractivity contribution in [3.8, 4) is 5.06 Å². The van der Waals surface area contributed by atoms with E-state index in [9.17, 15) is 4.79 Å². The number of nitrogens with zero attached hydrogens (tertiary/aromatic N) is 2. The molecule has 114 valence electrons. The van der Waals surface area contributed by atoms with Crippen molar-refractivity contribution < 1.29 is 4.74 Å². The molecule has 0 radical (unpaired) electrons. The summed E-state index contributed by atoms with van der Waals surface area (Å²) in [6.45, 7) is 0.453. The van der Waals surface area contributed by atoms with Crippen LogP contribution in [-0.4, -0.2) is 16.7 Å². The molecule has 23 heavy (non-hydrogen) atoms. The number of aromatic nitrogens is 2. The molecule has 0 amide bonds. The van der Waals surface area contributed by atoms with Crippen LogP contribution in [0.2, 0.25) is 0 Å². The van der Waals surface area contributed by atoms with Crippen LogP contribution < -0.4 is 10.3 Å². The Morgan fingerprint density at radius 3 is 2.74 bits per heavy atom. The van der Waals surface area contributed by atoms with Crippen molar-refractivity contribution in [2.24, 2.45) is 0 Å². The van der Waals surface area contributed by atoms with Crippen LogP contribution in [-0.2, 0) is 6.54 Å². The topological polar surface area (TPSA) is 44.1 Å². The van der Waals surface area contributed by atoms with Gasteiger partial charge in [0.05, 0.1) is 35.0 Å². The molecule has 0 aliphatic rings. The van der Waals surface area contributed by atoms with Gasteiger partial charge in [0.15, 0.2) is 5.06 Å². The summed E-state index contributed by atoms with van der Waals surface area (Å²) in [5.41, 5.74) is 1.77. The van der Waals surface area contributed by atoms with Gasteiger partial charge in [0.25, 0.3) is 5.56 Å². The van der Waals surface area contributed by atoms with Gasteiger partial charge in [-0.15, -0.1) is 0 Å². The summed E-state index contributed by atoms with van der Waals surface area (Å²) in [5.74, 6) is 0. The molecule has 0 fully saturated rings. The van der Waals surface area contributed by atoms with Gasteiger partial charge in [-0.05, 0) is 18.2 Å². The highest BCUT2D eigenvalue weighted by Crippen LogP contribution is 2.34. The summed E-state index contributed by atoms with van der Waals surface area (Å²) >= 11 is 1.50. The van der Waals surface area contributed by atoms with Crippen molar-refractivity contribution in [3.05, 3.63) is 70.8 Å². The molecule has 0 aliphatic heterocycles. The number of hydrogen-bond donors (Lipinski definition) is 0. The van der Waals surface area contributed by atoms with E-state index in [1.54, 1.807) is 17.9 Å². The maximum Gasteiger partial charge on any atom is 0.260 e. The van der Waals surface area contributed by atoms with Crippen LogP contribution in [0, 0.1) is 0 Å². The first-order valence-electron chi connectivity index (χ1n) is 7.27. The van der Waals surface area contributed by atoms with E-state index in [-0.39, 0.29) is 5.56 Å². The number of para-hydroxylation sites is 1. The molecule has 0 saturated carbocycles. The number of pyridine rings is 2. The minimum Gasteiger partial charge on any atom is -0.487 e. The highest BCUT2D eigenvalue weighted by molar-refractivity contribution is 7.21. The summed E-state index contributed by atoms with van der Waals surface area (Å²) < 4.78 is 8.08. The Morgan fingerprint density at radius 2 is 1.96 bits per heavy atom. The molecule has 0 unspecified atom stereocenters. The van der Waals surface area contributed by atoms with Crippen LogP contribution in [0.5, 0.6) is 5.06 Å². The minimum absolute atomic E-state index is 0.0103. The first-order chi connectivity index (χ1) is 11.3. The van der Waals surface area contributed by atoms with Gasteiger partial charge in [-0.2, -0.15) is 0 Å². The van der Waals surface area contributed by atoms with Crippen LogP contribution in [0.15, 0.2) is 59.5 Å². The number of ether oxygens (including phenoxy) is 1. The molecule has 3 aromatic heterocycles. The van der Waals surface area contributed by atoms with Crippen LogP contribution in [0.4, 0.5) is 0 Å². The number of fused-ring (bicyclic) bond motifs is 3. The predicted octanol–water partition coefficient (Wildman–Crippen LogP) is 3.67. The van der Waals surface area contributed by atoms with E-state index in [1.807, 2.05) is 48.5 Å². The van der Waals surface area contributed by atoms with Gasteiger partial charge in [0.1, 0.15) is 0 Å². The molecule has 4 rings (SSSR count). The molecule has 0 aliphatic carbocycles. The lowest BCUT2D eigenvalue weighted by Gasteiger charge is -2.10. The quantitative estimate of drug-likeness (QED) is 0.578. The third-order valence-electron chi connectivity index (χ3n) is 3.87. The normalized spacial score (nSPS) is 11.2. The van der Waals surface area contributed by atoms with Gasteiger partial charge >= 0.3 is 0 Å². The number of benzene rings is 1. The first-order valence-corrected chi connectivity index (χ1v) is 8.08. The van der Waals surface area contributed by atoms with E-state index in [1.165, 1.54) is 11.3 Å². The summed E-state index contributed by atoms with van der Waals surface area (Å²) in [4.78, 5) is 17.3. The molecule has 0 atom stereocenters. The van der Waals surface area contributed by atoms with E-state index in [0.717, 1.165) is 26.4 Å². The zero-order valence-electron chi connectivity index (χ0n) is 12.5. The summed E-state index contributed by atoms with van der Waals surface area (Å²) in [6, 6.07) is 15.5. The van der Waals surface area contributed by atoms with Crippen molar-refractivity contribution in [3.63, 3.8) is 0 Å². The van der Waals surface area contributed by atoms with E-state index < -0.39 is 0 Å². The molecular weight excluding hydrogens is 308 g/mol. The van der Waals surface area contributed by atoms with Gasteiger partial charge in [0, 0.05) is 17.6 Å². The Bertz CT molecular complexity index is 1050. The molecule has 3 heterocycles. The van der Waals surface area contributed by atoms with Crippen molar-refractivity contribution >= 4 is 32.3 Å². The van der Waals surface area contributed by atoms with E-state index in [2.05, 4.69) is 4.98 Å². The Labute approximate surface area is 136 Å². The Kier molecular flexibility index (Phi) is 3.35. The minimum atomic E-state index is -0.0103. The lowest BCUT2D eigenvalue weighted by Crippen LogP contribution is -2.21. The summed E-state index contributed by atoms with van der Waals surface area (Å²) in [6.07, 6.45) is 1.74. The van der Waals surface area contributed by atoms with Crippen LogP contribution >= 0.6 is 11.3 Å². The Balaban J connectivity index is 2.05. The maximum atomic E-state index is 13.0. The van der Waals surface area contributed by atoms with Gasteiger partial charge in [-0.3, -0.25) is 9.78 Å². The summed E-state index contributed by atoms with van der Waals surface area (Å²) in [5, 5.41) is 2.51. The zero-order valence-corrected chi connectivity index (χ0v) is 13.3. The van der Waals surface area contributed by atoms with Crippen molar-refractivity contribution in [2.45, 2.75) is 6.54 Å². The number of methoxy groups -OCH3 is 1. The van der Waals surface area contributed by atoms with E-state index in [4.69, 9.17) is 4.74 Å². The monoisotopic (exact) mass is 322 g/mol. The third kappa shape index (κ3) is 2.29. The number of rotatable bonds is 3. The van der Waals surface area contributed by atoms with Crippen molar-refractivity contribution in [2.75, 3.05) is 7.11 Å². The van der Waals surface area contributed by atoms with Gasteiger partial charge in [-0.1, -0.05) is 35.6 Å². The number of hydrogen-bond acceptors (Lipinski definition) is 4. The molecule has 4 aromatic rings. The molecule has 1 aromatic carbocycles. The molecule has 4 nitrogen and oxygen atoms in total. The van der Waals surface area contributed by atoms with Crippen LogP contribution in [0.1, 0.15) is 5.69 Å². The molecule has 5 heteroatoms. The van der Waals surface area contributed by atoms with Crippen molar-refractivity contribution in [1.29, 1.82) is 0 Å². The molecule has 0 saturated heterocycles. The second-order valence-electron chi connectivity index (χ2n) is 5.24. The molecular formula is C18H14N2O2S. The Hall–Kier alpha value is -2.66. The standard InChI is InChI=1S/C18H14N2O2S/c1-22-16-10-14-17(23-16)13-7-2-3-8-15(13)20(18(14)21)11-12-6-4-5-9-19-12/h2-10H,11H2,1H3. The van der Waals surface area contributed by atoms with E-state index >= 15 is 0 Å². The fourth-order valence-electron chi connectivity index (χ4n) is 2.79. The highest BCUT2D eigenvalue weighted by Gasteiger charge is 2.14. The lowest BCUT2D eigenvalue weighted by atomic mass is 10.1. The fourth-order valence-corrected chi connectivity index (χ4v) is 3.79. The lowest BCUT2D eigenvalue weighted by molar-refractivity contribution is 0.427. The van der Waals surface area contributed by atoms with Gasteiger partial charge in [0.2, 0.25) is 0 Å². The molecule has 0 bridgehead atoms. The van der Waals surface area contributed by atoms with Crippen LogP contribution in [0.3, 0.4) is 0 Å².